The van der Waals surface area contributed by atoms with Crippen molar-refractivity contribution >= 4 is 11.9 Å². The van der Waals surface area contributed by atoms with Gasteiger partial charge in [0.2, 0.25) is 11.6 Å². The number of ketones is 1. The summed E-state index contributed by atoms with van der Waals surface area (Å²) in [6, 6.07) is 3.04. The average Bonchev–Trinajstić information content (AvgIpc) is 3.22. The third kappa shape index (κ3) is 4.08. The first-order valence-electron chi connectivity index (χ1n) is 8.46. The molecule has 0 aliphatic heterocycles. The van der Waals surface area contributed by atoms with E-state index in [1.165, 1.54) is 24.3 Å². The van der Waals surface area contributed by atoms with Crippen LogP contribution in [0.2, 0.25) is 0 Å². The zero-order valence-corrected chi connectivity index (χ0v) is 15.7. The number of ether oxygens (including phenoxy) is 1. The van der Waals surface area contributed by atoms with Crippen LogP contribution in [-0.2, 0) is 13.7 Å². The van der Waals surface area contributed by atoms with E-state index in [0.29, 0.717) is 11.3 Å². The highest BCUT2D eigenvalue weighted by Crippen LogP contribution is 2.27. The molecule has 29 heavy (non-hydrogen) atoms. The van der Waals surface area contributed by atoms with E-state index in [0.717, 1.165) is 5.69 Å². The Morgan fingerprint density at radius 3 is 2.41 bits per heavy atom. The van der Waals surface area contributed by atoms with Gasteiger partial charge < -0.3 is 9.15 Å². The van der Waals surface area contributed by atoms with Crippen LogP contribution in [0, 0.1) is 37.1 Å². The molecule has 0 bridgehead atoms. The number of nitrogens with zero attached hydrogens (tertiary/aromatic N) is 2. The van der Waals surface area contributed by atoms with Crippen LogP contribution in [0.5, 0.6) is 5.75 Å². The first kappa shape index (κ1) is 20.4. The van der Waals surface area contributed by atoms with Crippen LogP contribution in [-0.4, -0.2) is 15.6 Å². The Morgan fingerprint density at radius 2 is 1.83 bits per heavy atom. The van der Waals surface area contributed by atoms with Gasteiger partial charge in [0.1, 0.15) is 18.1 Å². The van der Waals surface area contributed by atoms with Gasteiger partial charge in [0, 0.05) is 18.8 Å². The van der Waals surface area contributed by atoms with Crippen LogP contribution < -0.4 is 4.74 Å². The predicted octanol–water partition coefficient (Wildman–Crippen LogP) is 4.66. The Morgan fingerprint density at radius 1 is 1.17 bits per heavy atom. The SMILES string of the molecule is Cc1nn(C)c(C)c1C(=O)/C=C/c1ccc(COc2c(F)c(F)cc(F)c2F)o1. The van der Waals surface area contributed by atoms with Gasteiger partial charge in [0.25, 0.3) is 0 Å². The number of furan rings is 1. The van der Waals surface area contributed by atoms with Crippen molar-refractivity contribution in [2.24, 2.45) is 7.05 Å². The maximum atomic E-state index is 13.6. The first-order valence-corrected chi connectivity index (χ1v) is 8.46. The molecule has 152 valence electrons. The molecule has 1 aromatic carbocycles. The van der Waals surface area contributed by atoms with Gasteiger partial charge in [0.05, 0.1) is 11.3 Å². The van der Waals surface area contributed by atoms with Gasteiger partial charge in [-0.05, 0) is 38.1 Å². The van der Waals surface area contributed by atoms with Gasteiger partial charge in [-0.3, -0.25) is 9.48 Å². The van der Waals surface area contributed by atoms with Gasteiger partial charge in [0.15, 0.2) is 23.2 Å². The Labute approximate surface area is 163 Å². The molecule has 0 fully saturated rings. The maximum absolute atomic E-state index is 13.6. The van der Waals surface area contributed by atoms with E-state index in [2.05, 4.69) is 5.10 Å². The summed E-state index contributed by atoms with van der Waals surface area (Å²) in [7, 11) is 1.73. The quantitative estimate of drug-likeness (QED) is 0.258. The lowest BCUT2D eigenvalue weighted by molar-refractivity contribution is 0.104. The van der Waals surface area contributed by atoms with Crippen LogP contribution in [0.3, 0.4) is 0 Å². The third-order valence-corrected chi connectivity index (χ3v) is 4.27. The molecular weight excluding hydrogens is 392 g/mol. The highest BCUT2D eigenvalue weighted by molar-refractivity contribution is 6.08. The number of carbonyl (C=O) groups excluding carboxylic acids is 1. The van der Waals surface area contributed by atoms with Gasteiger partial charge in [-0.1, -0.05) is 0 Å². The lowest BCUT2D eigenvalue weighted by atomic mass is 10.1. The molecule has 2 heterocycles. The minimum atomic E-state index is -1.64. The van der Waals surface area contributed by atoms with Gasteiger partial charge in [-0.2, -0.15) is 13.9 Å². The van der Waals surface area contributed by atoms with Crippen molar-refractivity contribution in [1.82, 2.24) is 9.78 Å². The molecule has 0 amide bonds. The smallest absolute Gasteiger partial charge is 0.203 e. The second kappa shape index (κ2) is 7.94. The molecule has 0 aliphatic rings. The fourth-order valence-electron chi connectivity index (χ4n) is 2.75. The minimum absolute atomic E-state index is 0.0933. The fourth-order valence-corrected chi connectivity index (χ4v) is 2.75. The molecule has 5 nitrogen and oxygen atoms in total. The molecule has 2 aromatic heterocycles. The molecule has 0 radical (unpaired) electrons. The second-order valence-electron chi connectivity index (χ2n) is 6.26. The minimum Gasteiger partial charge on any atom is -0.479 e. The van der Waals surface area contributed by atoms with E-state index < -0.39 is 35.6 Å². The van der Waals surface area contributed by atoms with Crippen LogP contribution in [0.4, 0.5) is 17.6 Å². The fraction of sp³-hybridized carbons (Fsp3) is 0.200. The van der Waals surface area contributed by atoms with Crippen molar-refractivity contribution in [3.8, 4) is 5.75 Å². The van der Waals surface area contributed by atoms with E-state index in [-0.39, 0.29) is 23.4 Å². The molecule has 0 atom stereocenters. The summed E-state index contributed by atoms with van der Waals surface area (Å²) >= 11 is 0. The molecule has 0 aliphatic carbocycles. The van der Waals surface area contributed by atoms with Crippen LogP contribution in [0.1, 0.15) is 33.3 Å². The molecular formula is C20H16F4N2O3. The lowest BCUT2D eigenvalue weighted by Gasteiger charge is -2.08. The number of carbonyl (C=O) groups is 1. The highest BCUT2D eigenvalue weighted by atomic mass is 19.2. The van der Waals surface area contributed by atoms with Crippen LogP contribution >= 0.6 is 0 Å². The van der Waals surface area contributed by atoms with Gasteiger partial charge >= 0.3 is 0 Å². The zero-order chi connectivity index (χ0) is 21.3. The molecule has 0 N–H and O–H groups in total. The summed E-state index contributed by atoms with van der Waals surface area (Å²) in [4.78, 5) is 12.4. The van der Waals surface area contributed by atoms with Gasteiger partial charge in [-0.15, -0.1) is 0 Å². The Hall–Kier alpha value is -3.36. The molecule has 0 unspecified atom stereocenters. The number of rotatable bonds is 6. The van der Waals surface area contributed by atoms with Crippen molar-refractivity contribution in [2.45, 2.75) is 20.5 Å². The zero-order valence-electron chi connectivity index (χ0n) is 15.7. The summed E-state index contributed by atoms with van der Waals surface area (Å²) in [5.41, 5.74) is 1.80. The molecule has 0 saturated carbocycles. The number of hydrogen-bond donors (Lipinski definition) is 0. The molecule has 3 aromatic rings. The Balaban J connectivity index is 1.70. The van der Waals surface area contributed by atoms with E-state index >= 15 is 0 Å². The summed E-state index contributed by atoms with van der Waals surface area (Å²) in [6.45, 7) is 3.03. The van der Waals surface area contributed by atoms with E-state index in [1.54, 1.807) is 25.6 Å². The number of aromatic nitrogens is 2. The molecule has 9 heteroatoms. The largest absolute Gasteiger partial charge is 0.479 e. The van der Waals surface area contributed by atoms with Crippen LogP contribution in [0.25, 0.3) is 6.08 Å². The molecule has 0 saturated heterocycles. The van der Waals surface area contributed by atoms with Crippen molar-refractivity contribution < 1.29 is 31.5 Å². The lowest BCUT2D eigenvalue weighted by Crippen LogP contribution is -2.03. The maximum Gasteiger partial charge on any atom is 0.203 e. The van der Waals surface area contributed by atoms with E-state index in [9.17, 15) is 22.4 Å². The number of halogens is 4. The number of allylic oxidation sites excluding steroid dienone is 1. The molecule has 0 spiro atoms. The van der Waals surface area contributed by atoms with Gasteiger partial charge in [-0.25, -0.2) is 8.78 Å². The Kier molecular flexibility index (Phi) is 5.58. The van der Waals surface area contributed by atoms with Crippen molar-refractivity contribution in [1.29, 1.82) is 0 Å². The predicted molar refractivity (Wildman–Crippen MR) is 95.4 cm³/mol. The highest BCUT2D eigenvalue weighted by Gasteiger charge is 2.21. The van der Waals surface area contributed by atoms with Crippen molar-refractivity contribution in [3.05, 3.63) is 76.0 Å². The van der Waals surface area contributed by atoms with E-state index in [4.69, 9.17) is 9.15 Å². The topological polar surface area (TPSA) is 57.3 Å². The summed E-state index contributed by atoms with van der Waals surface area (Å²) < 4.78 is 65.4. The number of aryl methyl sites for hydroxylation is 2. The van der Waals surface area contributed by atoms with E-state index in [1.807, 2.05) is 0 Å². The van der Waals surface area contributed by atoms with Crippen LogP contribution in [0.15, 0.2) is 28.7 Å². The first-order chi connectivity index (χ1) is 13.7. The summed E-state index contributed by atoms with van der Waals surface area (Å²) in [5.74, 6) is -7.43. The molecule has 3 rings (SSSR count). The number of benzene rings is 1. The van der Waals surface area contributed by atoms with Crippen molar-refractivity contribution in [3.63, 3.8) is 0 Å². The number of hydrogen-bond acceptors (Lipinski definition) is 4. The summed E-state index contributed by atoms with van der Waals surface area (Å²) in [6.07, 6.45) is 2.72. The van der Waals surface area contributed by atoms with Crippen molar-refractivity contribution in [2.75, 3.05) is 0 Å². The second-order valence-corrected chi connectivity index (χ2v) is 6.26. The standard InChI is InChI=1S/C20H16F4N2O3/c1-10-17(11(2)26(3)25-10)16(27)7-6-12-4-5-13(29-12)9-28-20-18(23)14(21)8-15(22)19(20)24/h4-8H,9H2,1-3H3/b7-6+. The average molecular weight is 408 g/mol. The normalized spacial score (nSPS) is 11.4. The Bertz CT molecular complexity index is 1090. The monoisotopic (exact) mass is 408 g/mol. The summed E-state index contributed by atoms with van der Waals surface area (Å²) in [5, 5.41) is 4.18. The third-order valence-electron chi connectivity index (χ3n) is 4.27.